The van der Waals surface area contributed by atoms with Gasteiger partial charge in [-0.05, 0) is 12.8 Å². The average Bonchev–Trinajstić information content (AvgIpc) is 2.04. The fourth-order valence-corrected chi connectivity index (χ4v) is 1.35. The SMILES string of the molecule is CS(=O)(=O)N/N=C/C1CCOCC1. The molecular weight excluding hydrogens is 192 g/mol. The van der Waals surface area contributed by atoms with Gasteiger partial charge in [-0.25, -0.2) is 13.2 Å². The van der Waals surface area contributed by atoms with E-state index in [2.05, 4.69) is 9.93 Å². The van der Waals surface area contributed by atoms with Crippen molar-refractivity contribution in [3.05, 3.63) is 0 Å². The van der Waals surface area contributed by atoms with E-state index in [0.717, 1.165) is 32.3 Å². The van der Waals surface area contributed by atoms with Crippen LogP contribution >= 0.6 is 0 Å². The van der Waals surface area contributed by atoms with Gasteiger partial charge >= 0.3 is 0 Å². The Morgan fingerprint density at radius 1 is 1.46 bits per heavy atom. The summed E-state index contributed by atoms with van der Waals surface area (Å²) in [6.07, 6.45) is 4.54. The largest absolute Gasteiger partial charge is 0.381 e. The molecule has 1 aliphatic heterocycles. The highest BCUT2D eigenvalue weighted by molar-refractivity contribution is 7.88. The number of nitrogens with one attached hydrogen (secondary N) is 1. The Kier molecular flexibility index (Phi) is 3.68. The lowest BCUT2D eigenvalue weighted by atomic mass is 10.0. The predicted molar refractivity (Wildman–Crippen MR) is 50.0 cm³/mol. The van der Waals surface area contributed by atoms with Crippen LogP contribution in [0.3, 0.4) is 0 Å². The highest BCUT2D eigenvalue weighted by atomic mass is 32.2. The van der Waals surface area contributed by atoms with Crippen molar-refractivity contribution < 1.29 is 13.2 Å². The van der Waals surface area contributed by atoms with Crippen LogP contribution in [0.2, 0.25) is 0 Å². The quantitative estimate of drug-likeness (QED) is 0.520. The number of hydrogen-bond acceptors (Lipinski definition) is 4. The van der Waals surface area contributed by atoms with Crippen molar-refractivity contribution in [1.29, 1.82) is 0 Å². The second-order valence-electron chi connectivity index (χ2n) is 3.09. The highest BCUT2D eigenvalue weighted by Crippen LogP contribution is 2.11. The third-order valence-corrected chi connectivity index (χ3v) is 2.21. The molecule has 1 rings (SSSR count). The maximum absolute atomic E-state index is 10.6. The third kappa shape index (κ3) is 4.84. The standard InChI is InChI=1S/C7H14N2O3S/c1-13(10,11)9-8-6-7-2-4-12-5-3-7/h6-7,9H,2-5H2,1H3/b8-6+. The molecule has 1 heterocycles. The third-order valence-electron chi connectivity index (χ3n) is 1.77. The first kappa shape index (κ1) is 10.5. The summed E-state index contributed by atoms with van der Waals surface area (Å²) in [7, 11) is -3.20. The summed E-state index contributed by atoms with van der Waals surface area (Å²) in [5, 5.41) is 3.65. The van der Waals surface area contributed by atoms with Crippen LogP contribution < -0.4 is 4.83 Å². The summed E-state index contributed by atoms with van der Waals surface area (Å²) in [6, 6.07) is 0. The Hall–Kier alpha value is -0.620. The molecule has 0 aromatic rings. The molecule has 0 saturated carbocycles. The van der Waals surface area contributed by atoms with Crippen molar-refractivity contribution in [2.45, 2.75) is 12.8 Å². The Bertz CT molecular complexity index is 267. The van der Waals surface area contributed by atoms with Gasteiger partial charge in [0.05, 0.1) is 6.26 Å². The molecule has 0 aliphatic carbocycles. The zero-order valence-corrected chi connectivity index (χ0v) is 8.38. The molecule has 1 N–H and O–H groups in total. The molecule has 0 radical (unpaired) electrons. The second-order valence-corrected chi connectivity index (χ2v) is 4.82. The van der Waals surface area contributed by atoms with Crippen molar-refractivity contribution in [3.63, 3.8) is 0 Å². The Labute approximate surface area is 78.2 Å². The molecule has 13 heavy (non-hydrogen) atoms. The molecule has 1 saturated heterocycles. The summed E-state index contributed by atoms with van der Waals surface area (Å²) >= 11 is 0. The lowest BCUT2D eigenvalue weighted by Gasteiger charge is -2.17. The van der Waals surface area contributed by atoms with E-state index < -0.39 is 10.0 Å². The molecule has 0 aromatic heterocycles. The van der Waals surface area contributed by atoms with Crippen LogP contribution in [0.1, 0.15) is 12.8 Å². The highest BCUT2D eigenvalue weighted by Gasteiger charge is 2.10. The van der Waals surface area contributed by atoms with Gasteiger partial charge in [-0.15, -0.1) is 0 Å². The lowest BCUT2D eigenvalue weighted by Crippen LogP contribution is -2.20. The molecule has 0 aromatic carbocycles. The number of hydrogen-bond donors (Lipinski definition) is 1. The average molecular weight is 206 g/mol. The van der Waals surface area contributed by atoms with E-state index in [4.69, 9.17) is 4.74 Å². The van der Waals surface area contributed by atoms with Crippen LogP contribution in [0.25, 0.3) is 0 Å². The molecule has 0 amide bonds. The van der Waals surface area contributed by atoms with Crippen LogP contribution in [-0.4, -0.2) is 34.1 Å². The minimum absolute atomic E-state index is 0.336. The zero-order valence-electron chi connectivity index (χ0n) is 7.56. The van der Waals surface area contributed by atoms with E-state index in [-0.39, 0.29) is 0 Å². The second kappa shape index (κ2) is 4.57. The maximum atomic E-state index is 10.6. The van der Waals surface area contributed by atoms with Crippen LogP contribution in [0.4, 0.5) is 0 Å². The van der Waals surface area contributed by atoms with Gasteiger partial charge in [0.2, 0.25) is 10.0 Å². The number of ether oxygens (including phenoxy) is 1. The van der Waals surface area contributed by atoms with Gasteiger partial charge in [-0.3, -0.25) is 0 Å². The molecule has 76 valence electrons. The van der Waals surface area contributed by atoms with Gasteiger partial charge in [-0.2, -0.15) is 5.10 Å². The van der Waals surface area contributed by atoms with E-state index in [1.807, 2.05) is 0 Å². The molecule has 1 aliphatic rings. The first-order chi connectivity index (χ1) is 6.08. The van der Waals surface area contributed by atoms with E-state index in [0.29, 0.717) is 5.92 Å². The smallest absolute Gasteiger partial charge is 0.244 e. The molecule has 5 nitrogen and oxygen atoms in total. The number of sulfonamides is 1. The van der Waals surface area contributed by atoms with Crippen molar-refractivity contribution >= 4 is 16.2 Å². The van der Waals surface area contributed by atoms with Crippen molar-refractivity contribution in [1.82, 2.24) is 4.83 Å². The predicted octanol–water partition coefficient (Wildman–Crippen LogP) is -0.0520. The zero-order chi connectivity index (χ0) is 9.73. The molecule has 1 fully saturated rings. The molecule has 6 heteroatoms. The van der Waals surface area contributed by atoms with Gasteiger partial charge in [-0.1, -0.05) is 0 Å². The topological polar surface area (TPSA) is 67.8 Å². The van der Waals surface area contributed by atoms with Crippen molar-refractivity contribution in [2.75, 3.05) is 19.5 Å². The van der Waals surface area contributed by atoms with Gasteiger partial charge in [0.25, 0.3) is 0 Å². The summed E-state index contributed by atoms with van der Waals surface area (Å²) in [4.78, 5) is 2.07. The van der Waals surface area contributed by atoms with Crippen LogP contribution in [0, 0.1) is 5.92 Å². The first-order valence-electron chi connectivity index (χ1n) is 4.15. The van der Waals surface area contributed by atoms with E-state index in [1.54, 1.807) is 6.21 Å². The van der Waals surface area contributed by atoms with Crippen molar-refractivity contribution in [3.8, 4) is 0 Å². The lowest BCUT2D eigenvalue weighted by molar-refractivity contribution is 0.0838. The molecule has 0 atom stereocenters. The van der Waals surface area contributed by atoms with Gasteiger partial charge < -0.3 is 4.74 Å². The molecule has 0 unspecified atom stereocenters. The van der Waals surface area contributed by atoms with Gasteiger partial charge in [0, 0.05) is 25.3 Å². The van der Waals surface area contributed by atoms with Crippen LogP contribution in [0.15, 0.2) is 5.10 Å². The fourth-order valence-electron chi connectivity index (χ4n) is 1.10. The van der Waals surface area contributed by atoms with Gasteiger partial charge in [0.15, 0.2) is 0 Å². The number of hydrazone groups is 1. The fraction of sp³-hybridized carbons (Fsp3) is 0.857. The summed E-state index contributed by atoms with van der Waals surface area (Å²) in [5.74, 6) is 0.336. The van der Waals surface area contributed by atoms with E-state index in [9.17, 15) is 8.42 Å². The normalized spacial score (nSPS) is 20.7. The summed E-state index contributed by atoms with van der Waals surface area (Å²) in [5.41, 5.74) is 0. The van der Waals surface area contributed by atoms with Gasteiger partial charge in [0.1, 0.15) is 0 Å². The van der Waals surface area contributed by atoms with Crippen LogP contribution in [-0.2, 0) is 14.8 Å². The molecule has 0 spiro atoms. The number of nitrogens with zero attached hydrogens (tertiary/aromatic N) is 1. The minimum Gasteiger partial charge on any atom is -0.381 e. The molecule has 0 bridgehead atoms. The number of rotatable bonds is 3. The van der Waals surface area contributed by atoms with E-state index in [1.165, 1.54) is 0 Å². The summed E-state index contributed by atoms with van der Waals surface area (Å²) in [6.45, 7) is 1.46. The minimum atomic E-state index is -3.20. The Morgan fingerprint density at radius 2 is 2.08 bits per heavy atom. The van der Waals surface area contributed by atoms with Crippen LogP contribution in [0.5, 0.6) is 0 Å². The maximum Gasteiger partial charge on any atom is 0.244 e. The van der Waals surface area contributed by atoms with Crippen molar-refractivity contribution in [2.24, 2.45) is 11.0 Å². The summed E-state index contributed by atoms with van der Waals surface area (Å²) < 4.78 is 26.4. The molecular formula is C7H14N2O3S. The monoisotopic (exact) mass is 206 g/mol. The Balaban J connectivity index is 2.30. The van der Waals surface area contributed by atoms with E-state index >= 15 is 0 Å². The first-order valence-corrected chi connectivity index (χ1v) is 6.05. The Morgan fingerprint density at radius 3 is 2.62 bits per heavy atom.